The monoisotopic (exact) mass is 161 g/mol. The number of piperazine rings is 1. The molecule has 5 heteroatoms. The van der Waals surface area contributed by atoms with Gasteiger partial charge in [0, 0.05) is 13.1 Å². The van der Waals surface area contributed by atoms with Crippen LogP contribution >= 0.6 is 0 Å². The Morgan fingerprint density at radius 2 is 2.00 bits per heavy atom. The number of carbonyl (C=O) groups is 1. The lowest BCUT2D eigenvalue weighted by Gasteiger charge is -2.32. The fourth-order valence-electron chi connectivity index (χ4n) is 1.22. The van der Waals surface area contributed by atoms with Gasteiger partial charge in [0.05, 0.1) is 0 Å². The zero-order chi connectivity index (χ0) is 8.32. The maximum Gasteiger partial charge on any atom is 0.362 e. The van der Waals surface area contributed by atoms with Crippen molar-refractivity contribution in [3.05, 3.63) is 0 Å². The second-order valence-electron chi connectivity index (χ2n) is 2.84. The van der Waals surface area contributed by atoms with Crippen LogP contribution in [-0.2, 0) is 4.79 Å². The minimum atomic E-state index is -0.950. The van der Waals surface area contributed by atoms with E-state index in [-0.39, 0.29) is 11.2 Å². The molecule has 64 valence electrons. The third-order valence-corrected chi connectivity index (χ3v) is 1.84. The lowest BCUT2D eigenvalue weighted by Crippen LogP contribution is -2.58. The summed E-state index contributed by atoms with van der Waals surface area (Å²) in [5, 5.41) is 21.0. The highest BCUT2D eigenvalue weighted by Gasteiger charge is 2.30. The minimum Gasteiger partial charge on any atom is -0.477 e. The van der Waals surface area contributed by atoms with Crippen molar-refractivity contribution in [3.63, 3.8) is 0 Å². The molecule has 0 aliphatic carbocycles. The van der Waals surface area contributed by atoms with E-state index in [0.717, 1.165) is 0 Å². The minimum absolute atomic E-state index is 0.193. The number of carboxylic acid groups (broad SMARTS) is 1. The van der Waals surface area contributed by atoms with Crippen molar-refractivity contribution in [1.29, 1.82) is 0 Å². The molecule has 1 saturated heterocycles. The van der Waals surface area contributed by atoms with E-state index < -0.39 is 5.97 Å². The van der Waals surface area contributed by atoms with Crippen LogP contribution in [0.3, 0.4) is 0 Å². The first-order valence-electron chi connectivity index (χ1n) is 3.64. The predicted molar refractivity (Wildman–Crippen MR) is 37.2 cm³/mol. The number of carboxylic acids is 1. The van der Waals surface area contributed by atoms with E-state index in [1.807, 2.05) is 0 Å². The summed E-state index contributed by atoms with van der Waals surface area (Å²) in [5.74, 6) is -0.950. The Kier molecular flexibility index (Phi) is 2.43. The number of rotatable bonds is 2. The van der Waals surface area contributed by atoms with Crippen LogP contribution in [0.4, 0.5) is 0 Å². The quantitative estimate of drug-likeness (QED) is 0.449. The molecule has 1 aliphatic rings. The molecule has 1 heterocycles. The van der Waals surface area contributed by atoms with Gasteiger partial charge in [-0.1, -0.05) is 0 Å². The average molecular weight is 161 g/mol. The van der Waals surface area contributed by atoms with Crippen LogP contribution in [0.2, 0.25) is 0 Å². The molecular formula is C6H13N2O3+. The van der Waals surface area contributed by atoms with Gasteiger partial charge in [0.1, 0.15) is 13.1 Å². The molecule has 0 atom stereocenters. The Bertz CT molecular complexity index is 154. The van der Waals surface area contributed by atoms with Crippen LogP contribution in [0.25, 0.3) is 0 Å². The van der Waals surface area contributed by atoms with Gasteiger partial charge in [-0.25, -0.2) is 10.0 Å². The Morgan fingerprint density at radius 1 is 1.45 bits per heavy atom. The molecule has 0 aromatic carbocycles. The van der Waals surface area contributed by atoms with Gasteiger partial charge >= 0.3 is 5.97 Å². The highest BCUT2D eigenvalue weighted by atomic mass is 16.5. The van der Waals surface area contributed by atoms with Crippen molar-refractivity contribution < 1.29 is 19.8 Å². The first-order valence-corrected chi connectivity index (χ1v) is 3.64. The number of hydroxylamine groups is 3. The van der Waals surface area contributed by atoms with Crippen LogP contribution < -0.4 is 5.32 Å². The van der Waals surface area contributed by atoms with E-state index in [9.17, 15) is 10.0 Å². The van der Waals surface area contributed by atoms with Crippen LogP contribution in [0.5, 0.6) is 0 Å². The molecular weight excluding hydrogens is 148 g/mol. The van der Waals surface area contributed by atoms with E-state index in [2.05, 4.69) is 5.32 Å². The second-order valence-corrected chi connectivity index (χ2v) is 2.84. The number of nitrogens with zero attached hydrogens (tertiary/aromatic N) is 1. The van der Waals surface area contributed by atoms with Crippen LogP contribution in [0.15, 0.2) is 0 Å². The van der Waals surface area contributed by atoms with E-state index in [1.54, 1.807) is 0 Å². The molecule has 0 saturated carbocycles. The summed E-state index contributed by atoms with van der Waals surface area (Å²) in [6.45, 7) is 2.13. The molecule has 0 bridgehead atoms. The molecule has 5 nitrogen and oxygen atoms in total. The number of hydrogen-bond donors (Lipinski definition) is 3. The summed E-state index contributed by atoms with van der Waals surface area (Å²) >= 11 is 0. The first kappa shape index (κ1) is 8.45. The van der Waals surface area contributed by atoms with Gasteiger partial charge in [-0.05, 0) is 0 Å². The van der Waals surface area contributed by atoms with Crippen molar-refractivity contribution >= 4 is 5.97 Å². The maximum atomic E-state index is 10.3. The molecule has 3 N–H and O–H groups in total. The van der Waals surface area contributed by atoms with Crippen molar-refractivity contribution in [2.24, 2.45) is 0 Å². The number of hydrogen-bond acceptors (Lipinski definition) is 3. The van der Waals surface area contributed by atoms with Crippen molar-refractivity contribution in [2.75, 3.05) is 32.7 Å². The van der Waals surface area contributed by atoms with Crippen LogP contribution in [0, 0.1) is 0 Å². The van der Waals surface area contributed by atoms with Crippen molar-refractivity contribution in [1.82, 2.24) is 5.32 Å². The standard InChI is InChI=1S/C6H12N2O3/c9-6(10)5-8(11)3-1-7-2-4-8/h7,11H,1-5H2/p+1. The van der Waals surface area contributed by atoms with E-state index >= 15 is 0 Å². The van der Waals surface area contributed by atoms with Gasteiger partial charge in [-0.2, -0.15) is 4.65 Å². The molecule has 0 aromatic rings. The zero-order valence-corrected chi connectivity index (χ0v) is 6.29. The Morgan fingerprint density at radius 3 is 2.45 bits per heavy atom. The SMILES string of the molecule is O=C(O)C[N+]1(O)CCNCC1. The number of aliphatic carboxylic acids is 1. The highest BCUT2D eigenvalue weighted by molar-refractivity contribution is 5.67. The summed E-state index contributed by atoms with van der Waals surface area (Å²) in [4.78, 5) is 10.3. The third kappa shape index (κ3) is 2.45. The molecule has 0 radical (unpaired) electrons. The van der Waals surface area contributed by atoms with Crippen molar-refractivity contribution in [2.45, 2.75) is 0 Å². The fraction of sp³-hybridized carbons (Fsp3) is 0.833. The summed E-state index contributed by atoms with van der Waals surface area (Å²) < 4.78 is -0.331. The normalized spacial score (nSPS) is 23.0. The van der Waals surface area contributed by atoms with E-state index in [1.165, 1.54) is 0 Å². The lowest BCUT2D eigenvalue weighted by molar-refractivity contribution is -1.10. The molecule has 0 spiro atoms. The topological polar surface area (TPSA) is 69.6 Å². The zero-order valence-electron chi connectivity index (χ0n) is 6.29. The second kappa shape index (κ2) is 3.17. The van der Waals surface area contributed by atoms with Crippen LogP contribution in [0.1, 0.15) is 0 Å². The molecule has 0 unspecified atom stereocenters. The molecule has 1 fully saturated rings. The summed E-state index contributed by atoms with van der Waals surface area (Å²) in [7, 11) is 0. The largest absolute Gasteiger partial charge is 0.477 e. The third-order valence-electron chi connectivity index (χ3n) is 1.84. The summed E-state index contributed by atoms with van der Waals surface area (Å²) in [6, 6.07) is 0. The average Bonchev–Trinajstić information content (AvgIpc) is 1.85. The van der Waals surface area contributed by atoms with Crippen molar-refractivity contribution in [3.8, 4) is 0 Å². The van der Waals surface area contributed by atoms with E-state index in [4.69, 9.17) is 5.11 Å². The fourth-order valence-corrected chi connectivity index (χ4v) is 1.22. The van der Waals surface area contributed by atoms with Gasteiger partial charge in [-0.3, -0.25) is 0 Å². The number of quaternary nitrogens is 1. The smallest absolute Gasteiger partial charge is 0.362 e. The number of nitrogens with one attached hydrogen (secondary N) is 1. The Labute approximate surface area is 64.8 Å². The molecule has 1 aliphatic heterocycles. The molecule has 0 amide bonds. The van der Waals surface area contributed by atoms with Gasteiger partial charge in [0.2, 0.25) is 6.54 Å². The van der Waals surface area contributed by atoms with Gasteiger partial charge < -0.3 is 10.4 Å². The van der Waals surface area contributed by atoms with E-state index in [0.29, 0.717) is 26.2 Å². The van der Waals surface area contributed by atoms with Gasteiger partial charge in [-0.15, -0.1) is 0 Å². The molecule has 1 rings (SSSR count). The van der Waals surface area contributed by atoms with Crippen LogP contribution in [-0.4, -0.2) is 53.7 Å². The Balaban J connectivity index is 2.43. The maximum absolute atomic E-state index is 10.3. The Hall–Kier alpha value is -0.650. The predicted octanol–water partition coefficient (Wildman–Crippen LogP) is -1.12. The summed E-state index contributed by atoms with van der Waals surface area (Å²) in [5.41, 5.74) is 0. The molecule has 11 heavy (non-hydrogen) atoms. The first-order chi connectivity index (χ1) is 5.12. The van der Waals surface area contributed by atoms with Gasteiger partial charge in [0.25, 0.3) is 0 Å². The van der Waals surface area contributed by atoms with Gasteiger partial charge in [0.15, 0.2) is 0 Å². The highest BCUT2D eigenvalue weighted by Crippen LogP contribution is 2.02. The molecule has 0 aromatic heterocycles. The summed E-state index contributed by atoms with van der Waals surface area (Å²) in [6.07, 6.45) is 0. The lowest BCUT2D eigenvalue weighted by atomic mass is 10.3.